The lowest BCUT2D eigenvalue weighted by molar-refractivity contribution is 0.104. The first kappa shape index (κ1) is 16.7. The van der Waals surface area contributed by atoms with E-state index in [1.807, 2.05) is 16.0 Å². The molecule has 0 saturated carbocycles. The fourth-order valence-corrected chi connectivity index (χ4v) is 3.80. The molecule has 138 valence electrons. The largest absolute Gasteiger partial charge is 0.454 e. The first-order chi connectivity index (χ1) is 13.7. The van der Waals surface area contributed by atoms with Crippen molar-refractivity contribution in [3.05, 3.63) is 77.2 Å². The van der Waals surface area contributed by atoms with Crippen LogP contribution in [0.2, 0.25) is 0 Å². The maximum atomic E-state index is 13.3. The second kappa shape index (κ2) is 6.61. The summed E-state index contributed by atoms with van der Waals surface area (Å²) in [6.07, 6.45) is 5.13. The summed E-state index contributed by atoms with van der Waals surface area (Å²) in [5.74, 6) is 0.735. The summed E-state index contributed by atoms with van der Waals surface area (Å²) in [5.41, 5.74) is 2.75. The molecule has 5 rings (SSSR count). The van der Waals surface area contributed by atoms with Crippen LogP contribution in [0.3, 0.4) is 0 Å². The van der Waals surface area contributed by atoms with Crippen molar-refractivity contribution in [3.63, 3.8) is 0 Å². The molecule has 0 atom stereocenters. The second-order valence-corrected chi connectivity index (χ2v) is 7.05. The zero-order valence-electron chi connectivity index (χ0n) is 14.5. The number of hydrogen-bond acceptors (Lipinski definition) is 5. The number of thiazole rings is 1. The fourth-order valence-electron chi connectivity index (χ4n) is 3.08. The van der Waals surface area contributed by atoms with E-state index in [1.54, 1.807) is 36.4 Å². The lowest BCUT2D eigenvalue weighted by Gasteiger charge is -2.01. The van der Waals surface area contributed by atoms with Gasteiger partial charge in [0.15, 0.2) is 22.2 Å². The van der Waals surface area contributed by atoms with Crippen LogP contribution in [0.5, 0.6) is 11.5 Å². The molecule has 0 fully saturated rings. The number of fused-ring (bicyclic) bond motifs is 2. The average Bonchev–Trinajstić information content (AvgIpc) is 3.42. The van der Waals surface area contributed by atoms with Crippen molar-refractivity contribution in [2.75, 3.05) is 6.79 Å². The Morgan fingerprint density at radius 1 is 1.14 bits per heavy atom. The van der Waals surface area contributed by atoms with E-state index in [1.165, 1.54) is 29.5 Å². The van der Waals surface area contributed by atoms with Crippen molar-refractivity contribution in [2.45, 2.75) is 0 Å². The molecule has 2 aromatic heterocycles. The van der Waals surface area contributed by atoms with Crippen LogP contribution in [0.25, 0.3) is 22.3 Å². The first-order valence-corrected chi connectivity index (χ1v) is 9.40. The molecule has 3 heterocycles. The van der Waals surface area contributed by atoms with Gasteiger partial charge >= 0.3 is 0 Å². The SMILES string of the molecule is O=C(C=Cc1c(-c2ccc(F)cc2)nc2sccn12)c1ccc2c(c1)OCO2. The molecule has 0 spiro atoms. The minimum absolute atomic E-state index is 0.159. The van der Waals surface area contributed by atoms with Gasteiger partial charge in [0.2, 0.25) is 6.79 Å². The summed E-state index contributed by atoms with van der Waals surface area (Å²) in [6, 6.07) is 11.3. The minimum atomic E-state index is -0.306. The van der Waals surface area contributed by atoms with E-state index in [0.717, 1.165) is 16.2 Å². The monoisotopic (exact) mass is 392 g/mol. The van der Waals surface area contributed by atoms with Crippen molar-refractivity contribution in [1.82, 2.24) is 9.38 Å². The Hall–Kier alpha value is -3.45. The number of allylic oxidation sites excluding steroid dienone is 1. The van der Waals surface area contributed by atoms with Gasteiger partial charge in [0.1, 0.15) is 5.82 Å². The Labute approximate surface area is 163 Å². The maximum absolute atomic E-state index is 13.3. The number of halogens is 1. The molecular weight excluding hydrogens is 379 g/mol. The van der Waals surface area contributed by atoms with Crippen LogP contribution < -0.4 is 9.47 Å². The van der Waals surface area contributed by atoms with Crippen LogP contribution in [0.15, 0.2) is 60.1 Å². The Bertz CT molecular complexity index is 1220. The normalized spacial score (nSPS) is 12.9. The van der Waals surface area contributed by atoms with Crippen molar-refractivity contribution in [3.8, 4) is 22.8 Å². The van der Waals surface area contributed by atoms with E-state index in [9.17, 15) is 9.18 Å². The molecule has 5 nitrogen and oxygen atoms in total. The summed E-state index contributed by atoms with van der Waals surface area (Å²) in [4.78, 5) is 18.1. The molecule has 1 aliphatic heterocycles. The van der Waals surface area contributed by atoms with Crippen LogP contribution >= 0.6 is 11.3 Å². The van der Waals surface area contributed by atoms with Gasteiger partial charge in [0, 0.05) is 22.7 Å². The lowest BCUT2D eigenvalue weighted by Crippen LogP contribution is -1.95. The quantitative estimate of drug-likeness (QED) is 0.369. The molecule has 0 radical (unpaired) electrons. The van der Waals surface area contributed by atoms with Gasteiger partial charge in [0.25, 0.3) is 0 Å². The molecule has 28 heavy (non-hydrogen) atoms. The van der Waals surface area contributed by atoms with E-state index < -0.39 is 0 Å². The number of benzene rings is 2. The minimum Gasteiger partial charge on any atom is -0.454 e. The fraction of sp³-hybridized carbons (Fsp3) is 0.0476. The maximum Gasteiger partial charge on any atom is 0.231 e. The summed E-state index contributed by atoms with van der Waals surface area (Å²) in [6.45, 7) is 0.163. The number of ketones is 1. The Morgan fingerprint density at radius 3 is 2.82 bits per heavy atom. The number of hydrogen-bond donors (Lipinski definition) is 0. The highest BCUT2D eigenvalue weighted by Gasteiger charge is 2.16. The number of carbonyl (C=O) groups excluding carboxylic acids is 1. The van der Waals surface area contributed by atoms with Gasteiger partial charge in [-0.25, -0.2) is 9.37 Å². The molecule has 1 aliphatic rings. The summed E-state index contributed by atoms with van der Waals surface area (Å²) in [5, 5.41) is 1.92. The predicted molar refractivity (Wildman–Crippen MR) is 104 cm³/mol. The van der Waals surface area contributed by atoms with Gasteiger partial charge in [-0.3, -0.25) is 9.20 Å². The molecule has 7 heteroatoms. The topological polar surface area (TPSA) is 52.8 Å². The van der Waals surface area contributed by atoms with Gasteiger partial charge in [-0.1, -0.05) is 0 Å². The molecule has 0 N–H and O–H groups in total. The third kappa shape index (κ3) is 2.86. The van der Waals surface area contributed by atoms with Gasteiger partial charge in [-0.05, 0) is 54.6 Å². The molecule has 0 amide bonds. The van der Waals surface area contributed by atoms with Crippen molar-refractivity contribution in [1.29, 1.82) is 0 Å². The number of imidazole rings is 1. The summed E-state index contributed by atoms with van der Waals surface area (Å²) < 4.78 is 25.8. The van der Waals surface area contributed by atoms with E-state index >= 15 is 0 Å². The number of nitrogens with zero attached hydrogens (tertiary/aromatic N) is 2. The van der Waals surface area contributed by atoms with E-state index in [0.29, 0.717) is 22.8 Å². The standard InChI is InChI=1S/C21H13FN2O3S/c22-15-4-1-13(2-5-15)20-16(24-9-10-28-21(24)23-20)6-7-17(25)14-3-8-18-19(11-14)27-12-26-18/h1-11H,12H2. The van der Waals surface area contributed by atoms with Crippen LogP contribution in [0, 0.1) is 5.82 Å². The number of aromatic nitrogens is 2. The van der Waals surface area contributed by atoms with Crippen molar-refractivity contribution < 1.29 is 18.7 Å². The Balaban J connectivity index is 1.52. The van der Waals surface area contributed by atoms with Crippen LogP contribution in [-0.4, -0.2) is 22.0 Å². The van der Waals surface area contributed by atoms with E-state index in [4.69, 9.17) is 9.47 Å². The molecular formula is C21H13FN2O3S. The average molecular weight is 392 g/mol. The molecule has 0 unspecified atom stereocenters. The molecule has 0 saturated heterocycles. The van der Waals surface area contributed by atoms with Crippen LogP contribution in [0.4, 0.5) is 4.39 Å². The smallest absolute Gasteiger partial charge is 0.231 e. The zero-order chi connectivity index (χ0) is 19.1. The van der Waals surface area contributed by atoms with E-state index in [2.05, 4.69) is 4.98 Å². The molecule has 4 aromatic rings. The Kier molecular flexibility index (Phi) is 3.95. The van der Waals surface area contributed by atoms with Gasteiger partial charge in [-0.15, -0.1) is 11.3 Å². The number of carbonyl (C=O) groups is 1. The third-order valence-corrected chi connectivity index (χ3v) is 5.22. The lowest BCUT2D eigenvalue weighted by atomic mass is 10.1. The number of rotatable bonds is 4. The Morgan fingerprint density at radius 2 is 1.96 bits per heavy atom. The van der Waals surface area contributed by atoms with Crippen LogP contribution in [0.1, 0.15) is 16.1 Å². The van der Waals surface area contributed by atoms with Gasteiger partial charge < -0.3 is 9.47 Å². The van der Waals surface area contributed by atoms with Gasteiger partial charge in [-0.2, -0.15) is 0 Å². The van der Waals surface area contributed by atoms with Crippen molar-refractivity contribution in [2.24, 2.45) is 0 Å². The summed E-state index contributed by atoms with van der Waals surface area (Å²) >= 11 is 1.49. The first-order valence-electron chi connectivity index (χ1n) is 8.52. The predicted octanol–water partition coefficient (Wildman–Crippen LogP) is 4.83. The molecule has 2 aromatic carbocycles. The van der Waals surface area contributed by atoms with E-state index in [-0.39, 0.29) is 18.4 Å². The van der Waals surface area contributed by atoms with Gasteiger partial charge in [0.05, 0.1) is 11.4 Å². The molecule has 0 aliphatic carbocycles. The second-order valence-electron chi connectivity index (χ2n) is 6.17. The van der Waals surface area contributed by atoms with Crippen LogP contribution in [-0.2, 0) is 0 Å². The molecule has 0 bridgehead atoms. The highest BCUT2D eigenvalue weighted by Crippen LogP contribution is 2.33. The van der Waals surface area contributed by atoms with Crippen molar-refractivity contribution >= 4 is 28.2 Å². The summed E-state index contributed by atoms with van der Waals surface area (Å²) in [7, 11) is 0. The third-order valence-electron chi connectivity index (χ3n) is 4.47. The number of ether oxygens (including phenoxy) is 2. The highest BCUT2D eigenvalue weighted by molar-refractivity contribution is 7.15. The highest BCUT2D eigenvalue weighted by atomic mass is 32.1. The zero-order valence-corrected chi connectivity index (χ0v) is 15.3.